The highest BCUT2D eigenvalue weighted by atomic mass is 32.2. The van der Waals surface area contributed by atoms with Crippen LogP contribution in [-0.2, 0) is 14.3 Å². The summed E-state index contributed by atoms with van der Waals surface area (Å²) < 4.78 is 5.29. The standard InChI is InChI=1S/C23H23NO3S/c1-16-10-12-19(13-11-16)28-15-14-22(25)27-17(2)23(26)24-21-9-5-7-18-6-3-4-8-20(18)21/h3-13,17H,14-15H2,1-2H3,(H,24,26)/t17-/m1/s1. The van der Waals surface area contributed by atoms with Crippen molar-refractivity contribution in [2.24, 2.45) is 0 Å². The lowest BCUT2D eigenvalue weighted by atomic mass is 10.1. The van der Waals surface area contributed by atoms with E-state index in [-0.39, 0.29) is 18.3 Å². The Balaban J connectivity index is 1.49. The zero-order valence-corrected chi connectivity index (χ0v) is 16.8. The van der Waals surface area contributed by atoms with Gasteiger partial charge >= 0.3 is 5.97 Å². The van der Waals surface area contributed by atoms with Gasteiger partial charge in [-0.15, -0.1) is 11.8 Å². The van der Waals surface area contributed by atoms with Crippen LogP contribution in [0, 0.1) is 6.92 Å². The molecule has 0 fully saturated rings. The molecular weight excluding hydrogens is 370 g/mol. The molecule has 0 bridgehead atoms. The minimum atomic E-state index is -0.851. The number of nitrogens with one attached hydrogen (secondary N) is 1. The molecule has 0 saturated carbocycles. The van der Waals surface area contributed by atoms with Crippen molar-refractivity contribution in [2.75, 3.05) is 11.1 Å². The number of carbonyl (C=O) groups is 2. The van der Waals surface area contributed by atoms with Gasteiger partial charge in [0, 0.05) is 21.7 Å². The van der Waals surface area contributed by atoms with Gasteiger partial charge in [0.05, 0.1) is 6.42 Å². The van der Waals surface area contributed by atoms with Crippen LogP contribution in [-0.4, -0.2) is 23.7 Å². The number of ether oxygens (including phenoxy) is 1. The summed E-state index contributed by atoms with van der Waals surface area (Å²) >= 11 is 1.60. The van der Waals surface area contributed by atoms with Crippen LogP contribution in [0.25, 0.3) is 10.8 Å². The number of amides is 1. The molecule has 0 radical (unpaired) electrons. The first kappa shape index (κ1) is 20.0. The van der Waals surface area contributed by atoms with Crippen molar-refractivity contribution in [3.63, 3.8) is 0 Å². The lowest BCUT2D eigenvalue weighted by molar-refractivity contribution is -0.152. The molecule has 5 heteroatoms. The van der Waals surface area contributed by atoms with Crippen LogP contribution in [0.1, 0.15) is 18.9 Å². The third-order valence-electron chi connectivity index (χ3n) is 4.32. The van der Waals surface area contributed by atoms with Crippen LogP contribution < -0.4 is 5.32 Å². The number of thioether (sulfide) groups is 1. The van der Waals surface area contributed by atoms with E-state index in [0.29, 0.717) is 11.4 Å². The Hall–Kier alpha value is -2.79. The predicted octanol–water partition coefficient (Wildman–Crippen LogP) is 5.20. The van der Waals surface area contributed by atoms with E-state index in [1.165, 1.54) is 5.56 Å². The minimum Gasteiger partial charge on any atom is -0.453 e. The van der Waals surface area contributed by atoms with E-state index in [1.807, 2.05) is 73.7 Å². The van der Waals surface area contributed by atoms with Gasteiger partial charge in [-0.3, -0.25) is 9.59 Å². The van der Waals surface area contributed by atoms with Gasteiger partial charge in [0.1, 0.15) is 0 Å². The second-order valence-electron chi connectivity index (χ2n) is 6.56. The SMILES string of the molecule is Cc1ccc(SCCC(=O)O[C@H](C)C(=O)Nc2cccc3ccccc23)cc1. The highest BCUT2D eigenvalue weighted by molar-refractivity contribution is 7.99. The summed E-state index contributed by atoms with van der Waals surface area (Å²) in [5, 5.41) is 4.85. The quantitative estimate of drug-likeness (QED) is 0.443. The molecule has 4 nitrogen and oxygen atoms in total. The van der Waals surface area contributed by atoms with Crippen LogP contribution in [0.2, 0.25) is 0 Å². The third kappa shape index (κ3) is 5.36. The molecule has 0 aromatic heterocycles. The van der Waals surface area contributed by atoms with Gasteiger partial charge in [-0.1, -0.05) is 54.1 Å². The van der Waals surface area contributed by atoms with Crippen molar-refractivity contribution in [3.8, 4) is 0 Å². The largest absolute Gasteiger partial charge is 0.453 e. The summed E-state index contributed by atoms with van der Waals surface area (Å²) in [5.74, 6) is -0.101. The number of hydrogen-bond donors (Lipinski definition) is 1. The monoisotopic (exact) mass is 393 g/mol. The summed E-state index contributed by atoms with van der Waals surface area (Å²) in [5.41, 5.74) is 1.91. The smallest absolute Gasteiger partial charge is 0.307 e. The predicted molar refractivity (Wildman–Crippen MR) is 115 cm³/mol. The van der Waals surface area contributed by atoms with E-state index in [9.17, 15) is 9.59 Å². The maximum Gasteiger partial charge on any atom is 0.307 e. The van der Waals surface area contributed by atoms with E-state index in [2.05, 4.69) is 5.32 Å². The van der Waals surface area contributed by atoms with Gasteiger partial charge < -0.3 is 10.1 Å². The zero-order valence-electron chi connectivity index (χ0n) is 16.0. The molecule has 1 N–H and O–H groups in total. The lowest BCUT2D eigenvalue weighted by Gasteiger charge is -2.14. The number of esters is 1. The van der Waals surface area contributed by atoms with E-state index in [0.717, 1.165) is 15.7 Å². The van der Waals surface area contributed by atoms with Gasteiger partial charge in [0.2, 0.25) is 0 Å². The molecule has 1 atom stereocenters. The van der Waals surface area contributed by atoms with Crippen molar-refractivity contribution in [2.45, 2.75) is 31.3 Å². The first-order valence-electron chi connectivity index (χ1n) is 9.20. The molecule has 1 amide bonds. The molecule has 0 unspecified atom stereocenters. The van der Waals surface area contributed by atoms with Gasteiger partial charge in [0.25, 0.3) is 5.91 Å². The molecule has 0 aliphatic heterocycles. The number of aryl methyl sites for hydroxylation is 1. The molecule has 0 spiro atoms. The van der Waals surface area contributed by atoms with E-state index in [4.69, 9.17) is 4.74 Å². The Morgan fingerprint density at radius 2 is 1.71 bits per heavy atom. The molecule has 0 aliphatic carbocycles. The summed E-state index contributed by atoms with van der Waals surface area (Å²) in [6.07, 6.45) is -0.597. The molecule has 28 heavy (non-hydrogen) atoms. The molecule has 144 valence electrons. The maximum absolute atomic E-state index is 12.4. The highest BCUT2D eigenvalue weighted by Crippen LogP contribution is 2.23. The first-order valence-corrected chi connectivity index (χ1v) is 10.2. The molecule has 3 rings (SSSR count). The van der Waals surface area contributed by atoms with Crippen molar-refractivity contribution in [1.29, 1.82) is 0 Å². The van der Waals surface area contributed by atoms with E-state index < -0.39 is 6.10 Å². The minimum absolute atomic E-state index is 0.254. The molecule has 3 aromatic rings. The summed E-state index contributed by atoms with van der Waals surface area (Å²) in [4.78, 5) is 25.6. The Morgan fingerprint density at radius 3 is 2.50 bits per heavy atom. The summed E-state index contributed by atoms with van der Waals surface area (Å²) in [7, 11) is 0. The van der Waals surface area contributed by atoms with Crippen molar-refractivity contribution < 1.29 is 14.3 Å². The highest BCUT2D eigenvalue weighted by Gasteiger charge is 2.18. The molecule has 0 heterocycles. The molecule has 0 aliphatic rings. The van der Waals surface area contributed by atoms with Crippen molar-refractivity contribution in [3.05, 3.63) is 72.3 Å². The molecular formula is C23H23NO3S. The number of carbonyl (C=O) groups excluding carboxylic acids is 2. The van der Waals surface area contributed by atoms with Crippen LogP contribution in [0.5, 0.6) is 0 Å². The van der Waals surface area contributed by atoms with Crippen LogP contribution in [0.4, 0.5) is 5.69 Å². The van der Waals surface area contributed by atoms with Gasteiger partial charge in [-0.2, -0.15) is 0 Å². The van der Waals surface area contributed by atoms with Gasteiger partial charge in [-0.05, 0) is 37.4 Å². The third-order valence-corrected chi connectivity index (χ3v) is 5.33. The second-order valence-corrected chi connectivity index (χ2v) is 7.73. The van der Waals surface area contributed by atoms with E-state index in [1.54, 1.807) is 18.7 Å². The molecule has 3 aromatic carbocycles. The number of rotatable bonds is 7. The normalized spacial score (nSPS) is 11.8. The topological polar surface area (TPSA) is 55.4 Å². The zero-order chi connectivity index (χ0) is 19.9. The number of benzene rings is 3. The molecule has 0 saturated heterocycles. The van der Waals surface area contributed by atoms with Gasteiger partial charge in [-0.25, -0.2) is 0 Å². The van der Waals surface area contributed by atoms with Gasteiger partial charge in [0.15, 0.2) is 6.10 Å². The van der Waals surface area contributed by atoms with Crippen LogP contribution in [0.15, 0.2) is 71.6 Å². The Bertz CT molecular complexity index is 964. The lowest BCUT2D eigenvalue weighted by Crippen LogP contribution is -2.30. The maximum atomic E-state index is 12.4. The number of hydrogen-bond acceptors (Lipinski definition) is 4. The fourth-order valence-corrected chi connectivity index (χ4v) is 3.60. The Morgan fingerprint density at radius 1 is 1.00 bits per heavy atom. The average molecular weight is 394 g/mol. The second kappa shape index (κ2) is 9.42. The van der Waals surface area contributed by atoms with Crippen molar-refractivity contribution in [1.82, 2.24) is 0 Å². The Kier molecular flexibility index (Phi) is 6.71. The number of fused-ring (bicyclic) bond motifs is 1. The Labute approximate surface area is 169 Å². The number of anilines is 1. The average Bonchev–Trinajstić information content (AvgIpc) is 2.69. The van der Waals surface area contributed by atoms with Crippen LogP contribution >= 0.6 is 11.8 Å². The summed E-state index contributed by atoms with van der Waals surface area (Å²) in [6, 6.07) is 21.7. The first-order chi connectivity index (χ1) is 13.5. The van der Waals surface area contributed by atoms with Crippen molar-refractivity contribution >= 4 is 40.1 Å². The fourth-order valence-electron chi connectivity index (χ4n) is 2.77. The summed E-state index contributed by atoms with van der Waals surface area (Å²) in [6.45, 7) is 3.63. The fraction of sp³-hybridized carbons (Fsp3) is 0.217. The van der Waals surface area contributed by atoms with Crippen LogP contribution in [0.3, 0.4) is 0 Å². The van der Waals surface area contributed by atoms with E-state index >= 15 is 0 Å².